The van der Waals surface area contributed by atoms with Gasteiger partial charge in [0.05, 0.1) is 5.69 Å². The van der Waals surface area contributed by atoms with Gasteiger partial charge in [-0.25, -0.2) is 0 Å². The Morgan fingerprint density at radius 2 is 1.85 bits per heavy atom. The molecule has 3 unspecified atom stereocenters. The molecule has 2 bridgehead atoms. The molecule has 2 aliphatic rings. The summed E-state index contributed by atoms with van der Waals surface area (Å²) in [5, 5.41) is 4.03. The van der Waals surface area contributed by atoms with Crippen molar-refractivity contribution in [3.05, 3.63) is 47.3 Å². The van der Waals surface area contributed by atoms with E-state index in [0.29, 0.717) is 5.69 Å². The van der Waals surface area contributed by atoms with Crippen LogP contribution in [0.4, 0.5) is 0 Å². The van der Waals surface area contributed by atoms with Crippen molar-refractivity contribution in [1.82, 2.24) is 14.7 Å². The van der Waals surface area contributed by atoms with Crippen molar-refractivity contribution < 1.29 is 4.79 Å². The van der Waals surface area contributed by atoms with E-state index >= 15 is 0 Å². The van der Waals surface area contributed by atoms with Crippen LogP contribution in [0.15, 0.2) is 35.2 Å². The van der Waals surface area contributed by atoms with Crippen LogP contribution >= 0.6 is 11.8 Å². The SMILES string of the molecule is CC(=O)c1cc(C)nn1C.CCc1ccccc1SCC(C)CN1C2CC[C@H]1CC(CC)C2. The summed E-state index contributed by atoms with van der Waals surface area (Å²) in [4.78, 5) is 15.2. The van der Waals surface area contributed by atoms with Crippen LogP contribution in [0.2, 0.25) is 0 Å². The maximum atomic E-state index is 10.8. The van der Waals surface area contributed by atoms with Gasteiger partial charge in [0.15, 0.2) is 5.78 Å². The zero-order valence-corrected chi connectivity index (χ0v) is 22.3. The van der Waals surface area contributed by atoms with Crippen LogP contribution in [-0.2, 0) is 13.5 Å². The van der Waals surface area contributed by atoms with Crippen LogP contribution in [0.5, 0.6) is 0 Å². The van der Waals surface area contributed by atoms with Gasteiger partial charge in [0.1, 0.15) is 5.69 Å². The van der Waals surface area contributed by atoms with E-state index in [1.807, 2.05) is 6.92 Å². The summed E-state index contributed by atoms with van der Waals surface area (Å²) in [6.45, 7) is 11.8. The van der Waals surface area contributed by atoms with Crippen LogP contribution < -0.4 is 0 Å². The third-order valence-electron chi connectivity index (χ3n) is 7.32. The van der Waals surface area contributed by atoms with Gasteiger partial charge in [0, 0.05) is 43.2 Å². The van der Waals surface area contributed by atoms with E-state index in [9.17, 15) is 4.79 Å². The molecule has 3 heterocycles. The lowest BCUT2D eigenvalue weighted by Gasteiger charge is -2.40. The number of hydrogen-bond acceptors (Lipinski definition) is 4. The number of hydrogen-bond donors (Lipinski definition) is 0. The molecule has 2 saturated heterocycles. The number of carbonyl (C=O) groups excluding carboxylic acids is 1. The molecule has 2 aliphatic heterocycles. The van der Waals surface area contributed by atoms with Crippen molar-refractivity contribution in [3.8, 4) is 0 Å². The highest BCUT2D eigenvalue weighted by Gasteiger charge is 2.40. The summed E-state index contributed by atoms with van der Waals surface area (Å²) in [5.74, 6) is 3.10. The summed E-state index contributed by atoms with van der Waals surface area (Å²) < 4.78 is 1.59. The molecule has 33 heavy (non-hydrogen) atoms. The third-order valence-corrected chi connectivity index (χ3v) is 8.77. The molecular weight excluding hydrogens is 426 g/mol. The quantitative estimate of drug-likeness (QED) is 0.324. The van der Waals surface area contributed by atoms with Crippen molar-refractivity contribution in [2.75, 3.05) is 12.3 Å². The Morgan fingerprint density at radius 3 is 2.36 bits per heavy atom. The van der Waals surface area contributed by atoms with Crippen molar-refractivity contribution in [2.24, 2.45) is 18.9 Å². The molecule has 0 spiro atoms. The number of fused-ring (bicyclic) bond motifs is 2. The summed E-state index contributed by atoms with van der Waals surface area (Å²) in [6.07, 6.45) is 8.38. The number of piperidine rings is 1. The maximum absolute atomic E-state index is 10.8. The summed E-state index contributed by atoms with van der Waals surface area (Å²) >= 11 is 2.07. The van der Waals surface area contributed by atoms with E-state index < -0.39 is 0 Å². The fourth-order valence-corrected chi connectivity index (χ4v) is 6.68. The van der Waals surface area contributed by atoms with Crippen LogP contribution in [-0.4, -0.2) is 44.8 Å². The first kappa shape index (κ1) is 26.0. The van der Waals surface area contributed by atoms with Gasteiger partial charge in [0.2, 0.25) is 0 Å². The van der Waals surface area contributed by atoms with E-state index in [4.69, 9.17) is 0 Å². The van der Waals surface area contributed by atoms with Gasteiger partial charge in [-0.2, -0.15) is 5.10 Å². The Balaban J connectivity index is 0.000000257. The fourth-order valence-electron chi connectivity index (χ4n) is 5.54. The minimum absolute atomic E-state index is 0.0584. The Morgan fingerprint density at radius 1 is 1.18 bits per heavy atom. The summed E-state index contributed by atoms with van der Waals surface area (Å²) in [6, 6.07) is 12.5. The molecule has 0 N–H and O–H groups in total. The Bertz CT molecular complexity index is 894. The van der Waals surface area contributed by atoms with Gasteiger partial charge < -0.3 is 0 Å². The van der Waals surface area contributed by atoms with Crippen LogP contribution in [0.1, 0.15) is 81.5 Å². The molecule has 2 aromatic rings. The topological polar surface area (TPSA) is 38.1 Å². The highest BCUT2D eigenvalue weighted by molar-refractivity contribution is 7.99. The lowest BCUT2D eigenvalue weighted by Crippen LogP contribution is -2.45. The van der Waals surface area contributed by atoms with Gasteiger partial charge in [-0.3, -0.25) is 14.4 Å². The molecule has 182 valence electrons. The molecule has 0 amide bonds. The van der Waals surface area contributed by atoms with Crippen LogP contribution in [0, 0.1) is 18.8 Å². The molecule has 4 rings (SSSR count). The molecular formula is C28H43N3OS. The van der Waals surface area contributed by atoms with Crippen molar-refractivity contribution in [2.45, 2.75) is 90.1 Å². The average Bonchev–Trinajstić information content (AvgIpc) is 3.25. The Labute approximate surface area is 205 Å². The van der Waals surface area contributed by atoms with Gasteiger partial charge >= 0.3 is 0 Å². The second-order valence-corrected chi connectivity index (χ2v) is 11.1. The summed E-state index contributed by atoms with van der Waals surface area (Å²) in [7, 11) is 1.77. The first-order valence-electron chi connectivity index (χ1n) is 12.8. The number of Topliss-reactive ketones (excluding diaryl/α,β-unsaturated/α-hetero) is 1. The molecule has 0 radical (unpaired) electrons. The molecule has 1 aromatic heterocycles. The number of rotatable bonds is 8. The maximum Gasteiger partial charge on any atom is 0.177 e. The first-order valence-corrected chi connectivity index (χ1v) is 13.8. The molecule has 0 saturated carbocycles. The Hall–Kier alpha value is -1.59. The lowest BCUT2D eigenvalue weighted by atomic mass is 9.88. The van der Waals surface area contributed by atoms with E-state index in [2.05, 4.69) is 66.8 Å². The monoisotopic (exact) mass is 469 g/mol. The number of nitrogens with zero attached hydrogens (tertiary/aromatic N) is 3. The molecule has 4 nitrogen and oxygen atoms in total. The first-order chi connectivity index (χ1) is 15.8. The number of thioether (sulfide) groups is 1. The van der Waals surface area contributed by atoms with E-state index in [-0.39, 0.29) is 5.78 Å². The van der Waals surface area contributed by atoms with Gasteiger partial charge in [-0.15, -0.1) is 11.8 Å². The van der Waals surface area contributed by atoms with Crippen LogP contribution in [0.3, 0.4) is 0 Å². The van der Waals surface area contributed by atoms with Gasteiger partial charge in [-0.05, 0) is 68.6 Å². The Kier molecular flexibility index (Phi) is 9.63. The van der Waals surface area contributed by atoms with Crippen molar-refractivity contribution >= 4 is 17.5 Å². The minimum Gasteiger partial charge on any atom is -0.297 e. The standard InChI is InChI=1S/C21H33NS.C7H10N2O/c1-4-17-12-19-10-11-20(13-17)22(19)14-16(3)15-23-21-9-7-6-8-18(21)5-2;1-5-4-7(6(2)10)9(3)8-5/h6-9,16-17,19-20H,4-5,10-15H2,1-3H3;4H,1-3H3/t16?,17?,19-,20?;/m0./s1. The number of benzene rings is 1. The second-order valence-electron chi connectivity index (χ2n) is 10.1. The zero-order chi connectivity index (χ0) is 24.0. The smallest absolute Gasteiger partial charge is 0.177 e. The highest BCUT2D eigenvalue weighted by atomic mass is 32.2. The van der Waals surface area contributed by atoms with Crippen LogP contribution in [0.25, 0.3) is 0 Å². The van der Waals surface area contributed by atoms with E-state index in [0.717, 1.165) is 36.0 Å². The average molecular weight is 470 g/mol. The predicted molar refractivity (Wildman–Crippen MR) is 140 cm³/mol. The largest absolute Gasteiger partial charge is 0.297 e. The second kappa shape index (κ2) is 12.2. The van der Waals surface area contributed by atoms with E-state index in [1.54, 1.807) is 17.8 Å². The highest BCUT2D eigenvalue weighted by Crippen LogP contribution is 2.40. The number of ketones is 1. The zero-order valence-electron chi connectivity index (χ0n) is 21.5. The van der Waals surface area contributed by atoms with Crippen molar-refractivity contribution in [1.29, 1.82) is 0 Å². The third kappa shape index (κ3) is 6.95. The molecule has 4 atom stereocenters. The van der Waals surface area contributed by atoms with Gasteiger partial charge in [0.25, 0.3) is 0 Å². The lowest BCUT2D eigenvalue weighted by molar-refractivity contribution is 0.0904. The normalized spacial score (nSPS) is 23.2. The van der Waals surface area contributed by atoms with Gasteiger partial charge in [-0.1, -0.05) is 45.4 Å². The molecule has 0 aliphatic carbocycles. The number of aryl methyl sites for hydroxylation is 3. The molecule has 2 fully saturated rings. The molecule has 1 aromatic carbocycles. The van der Waals surface area contributed by atoms with Crippen molar-refractivity contribution in [3.63, 3.8) is 0 Å². The predicted octanol–water partition coefficient (Wildman–Crippen LogP) is 6.56. The van der Waals surface area contributed by atoms with E-state index in [1.165, 1.54) is 61.8 Å². The minimum atomic E-state index is 0.0584. The number of carbonyl (C=O) groups is 1. The fraction of sp³-hybridized carbons (Fsp3) is 0.643. The number of aromatic nitrogens is 2. The summed E-state index contributed by atoms with van der Waals surface area (Å²) in [5.41, 5.74) is 3.05. The molecule has 5 heteroatoms.